The molecule has 0 spiro atoms. The van der Waals surface area contributed by atoms with E-state index in [1.165, 1.54) is 36.8 Å². The van der Waals surface area contributed by atoms with Crippen molar-refractivity contribution in [3.05, 3.63) is 29.3 Å². The van der Waals surface area contributed by atoms with E-state index in [4.69, 9.17) is 21.1 Å². The Bertz CT molecular complexity index is 759. The molecule has 3 atom stereocenters. The van der Waals surface area contributed by atoms with E-state index in [0.717, 1.165) is 31.6 Å². The Morgan fingerprint density at radius 3 is 2.86 bits per heavy atom. The van der Waals surface area contributed by atoms with Crippen molar-refractivity contribution in [2.75, 3.05) is 19.0 Å². The largest absolute Gasteiger partial charge is 0.494 e. The van der Waals surface area contributed by atoms with Gasteiger partial charge in [-0.2, -0.15) is 0 Å². The average Bonchev–Trinajstić information content (AvgIpc) is 2.67. The minimum Gasteiger partial charge on any atom is -0.494 e. The zero-order valence-electron chi connectivity index (χ0n) is 18.0. The van der Waals surface area contributed by atoms with Gasteiger partial charge in [0.05, 0.1) is 6.61 Å². The standard InChI is InChI=1S/C24H34ClNO3/c1-23(2,3)29-22(27)26-13-11-24-10-5-4-7-19(24)21(26)15-17-8-9-18(16-20(17)24)28-14-6-12-25/h8-9,16,19,21H,4-7,10-15H2,1-3H3. The Morgan fingerprint density at radius 2 is 2.10 bits per heavy atom. The SMILES string of the molecule is CC(C)(C)OC(=O)N1CCC23CCCCC2C1Cc1ccc(OCCCCl)cc13. The summed E-state index contributed by atoms with van der Waals surface area (Å²) in [4.78, 5) is 15.0. The van der Waals surface area contributed by atoms with Crippen LogP contribution in [0.1, 0.15) is 70.4 Å². The Morgan fingerprint density at radius 1 is 1.28 bits per heavy atom. The summed E-state index contributed by atoms with van der Waals surface area (Å²) in [5.74, 6) is 2.10. The molecular weight excluding hydrogens is 386 g/mol. The lowest BCUT2D eigenvalue weighted by Gasteiger charge is -2.58. The first-order chi connectivity index (χ1) is 13.8. The number of ether oxygens (including phenoxy) is 2. The van der Waals surface area contributed by atoms with Crippen LogP contribution in [0.3, 0.4) is 0 Å². The highest BCUT2D eigenvalue weighted by Gasteiger charge is 2.55. The first-order valence-electron chi connectivity index (χ1n) is 11.2. The van der Waals surface area contributed by atoms with Crippen LogP contribution >= 0.6 is 11.6 Å². The van der Waals surface area contributed by atoms with Gasteiger partial charge in [0.2, 0.25) is 0 Å². The number of carbonyl (C=O) groups excluding carboxylic acids is 1. The molecule has 2 fully saturated rings. The van der Waals surface area contributed by atoms with Gasteiger partial charge in [0.1, 0.15) is 11.4 Å². The Labute approximate surface area is 179 Å². The van der Waals surface area contributed by atoms with Crippen LogP contribution in [0.25, 0.3) is 0 Å². The Hall–Kier alpha value is -1.42. The molecule has 3 unspecified atom stereocenters. The normalized spacial score (nSPS) is 28.3. The highest BCUT2D eigenvalue weighted by molar-refractivity contribution is 6.17. The van der Waals surface area contributed by atoms with Crippen LogP contribution < -0.4 is 4.74 Å². The minimum absolute atomic E-state index is 0.147. The molecule has 3 aliphatic rings. The molecule has 4 rings (SSSR count). The third-order valence-electron chi connectivity index (χ3n) is 6.98. The summed E-state index contributed by atoms with van der Waals surface area (Å²) in [5, 5.41) is 0. The zero-order chi connectivity index (χ0) is 20.6. The van der Waals surface area contributed by atoms with Gasteiger partial charge in [-0.15, -0.1) is 11.6 Å². The fourth-order valence-electron chi connectivity index (χ4n) is 5.87. The van der Waals surface area contributed by atoms with Crippen LogP contribution in [0.15, 0.2) is 18.2 Å². The molecular formula is C24H34ClNO3. The van der Waals surface area contributed by atoms with E-state index in [1.807, 2.05) is 25.7 Å². The smallest absolute Gasteiger partial charge is 0.410 e. The zero-order valence-corrected chi connectivity index (χ0v) is 18.8. The van der Waals surface area contributed by atoms with E-state index < -0.39 is 5.60 Å². The van der Waals surface area contributed by atoms with E-state index in [9.17, 15) is 4.79 Å². The summed E-state index contributed by atoms with van der Waals surface area (Å²) in [6.07, 6.45) is 7.59. The van der Waals surface area contributed by atoms with E-state index in [1.54, 1.807) is 0 Å². The fraction of sp³-hybridized carbons (Fsp3) is 0.708. The molecule has 29 heavy (non-hydrogen) atoms. The summed E-state index contributed by atoms with van der Waals surface area (Å²) >= 11 is 5.80. The van der Waals surface area contributed by atoms with E-state index in [2.05, 4.69) is 18.2 Å². The predicted molar refractivity (Wildman–Crippen MR) is 116 cm³/mol. The number of nitrogens with zero attached hydrogens (tertiary/aromatic N) is 1. The molecule has 160 valence electrons. The van der Waals surface area contributed by atoms with E-state index in [-0.39, 0.29) is 17.6 Å². The maximum absolute atomic E-state index is 13.0. The molecule has 1 aromatic rings. The molecule has 0 aromatic heterocycles. The molecule has 2 aliphatic carbocycles. The Kier molecular flexibility index (Phi) is 5.76. The van der Waals surface area contributed by atoms with Gasteiger partial charge in [-0.05, 0) is 82.1 Å². The molecule has 1 aliphatic heterocycles. The van der Waals surface area contributed by atoms with E-state index >= 15 is 0 Å². The number of fused-ring (bicyclic) bond motifs is 1. The van der Waals surface area contributed by atoms with Crippen LogP contribution in [0, 0.1) is 5.92 Å². The van der Waals surface area contributed by atoms with Crippen molar-refractivity contribution in [1.29, 1.82) is 0 Å². The van der Waals surface area contributed by atoms with Crippen molar-refractivity contribution < 1.29 is 14.3 Å². The molecule has 4 nitrogen and oxygen atoms in total. The highest BCUT2D eigenvalue weighted by atomic mass is 35.5. The lowest BCUT2D eigenvalue weighted by molar-refractivity contribution is -0.0349. The van der Waals surface area contributed by atoms with Crippen LogP contribution in [0.2, 0.25) is 0 Å². The quantitative estimate of drug-likeness (QED) is 0.465. The molecule has 1 saturated carbocycles. The van der Waals surface area contributed by atoms with Gasteiger partial charge in [0.15, 0.2) is 0 Å². The fourth-order valence-corrected chi connectivity index (χ4v) is 5.98. The molecule has 0 N–H and O–H groups in total. The molecule has 1 amide bonds. The summed E-state index contributed by atoms with van der Waals surface area (Å²) in [7, 11) is 0. The maximum Gasteiger partial charge on any atom is 0.410 e. The third-order valence-corrected chi connectivity index (χ3v) is 7.25. The van der Waals surface area contributed by atoms with Gasteiger partial charge in [-0.1, -0.05) is 18.9 Å². The highest BCUT2D eigenvalue weighted by Crippen LogP contribution is 2.56. The second kappa shape index (κ2) is 8.02. The minimum atomic E-state index is -0.458. The maximum atomic E-state index is 13.0. The number of hydrogen-bond acceptors (Lipinski definition) is 3. The van der Waals surface area contributed by atoms with Crippen molar-refractivity contribution in [1.82, 2.24) is 4.90 Å². The van der Waals surface area contributed by atoms with Gasteiger partial charge in [0, 0.05) is 23.9 Å². The van der Waals surface area contributed by atoms with Gasteiger partial charge in [0.25, 0.3) is 0 Å². The van der Waals surface area contributed by atoms with Gasteiger partial charge in [-0.25, -0.2) is 4.79 Å². The van der Waals surface area contributed by atoms with Gasteiger partial charge >= 0.3 is 6.09 Å². The monoisotopic (exact) mass is 419 g/mol. The second-order valence-corrected chi connectivity index (χ2v) is 10.3. The Balaban J connectivity index is 1.65. The predicted octanol–water partition coefficient (Wildman–Crippen LogP) is 5.69. The molecule has 0 radical (unpaired) electrons. The summed E-state index contributed by atoms with van der Waals surface area (Å²) in [6.45, 7) is 7.28. The van der Waals surface area contributed by atoms with Crippen molar-refractivity contribution in [2.24, 2.45) is 5.92 Å². The summed E-state index contributed by atoms with van der Waals surface area (Å²) in [6, 6.07) is 6.85. The number of piperidine rings is 1. The number of amides is 1. The lowest BCUT2D eigenvalue weighted by atomic mass is 9.52. The number of hydrogen-bond donors (Lipinski definition) is 0. The topological polar surface area (TPSA) is 38.8 Å². The van der Waals surface area contributed by atoms with Crippen LogP contribution in [0.5, 0.6) is 5.75 Å². The summed E-state index contributed by atoms with van der Waals surface area (Å²) in [5.41, 5.74) is 2.58. The number of benzene rings is 1. The molecule has 5 heteroatoms. The lowest BCUT2D eigenvalue weighted by Crippen LogP contribution is -2.62. The van der Waals surface area contributed by atoms with Gasteiger partial charge < -0.3 is 14.4 Å². The first kappa shape index (κ1) is 20.8. The van der Waals surface area contributed by atoms with Crippen molar-refractivity contribution in [2.45, 2.75) is 82.8 Å². The van der Waals surface area contributed by atoms with Crippen LogP contribution in [0.4, 0.5) is 4.79 Å². The molecule has 2 bridgehead atoms. The van der Waals surface area contributed by atoms with Crippen LogP contribution in [-0.4, -0.2) is 41.7 Å². The van der Waals surface area contributed by atoms with E-state index in [0.29, 0.717) is 18.4 Å². The summed E-state index contributed by atoms with van der Waals surface area (Å²) < 4.78 is 11.7. The first-order valence-corrected chi connectivity index (χ1v) is 11.7. The average molecular weight is 420 g/mol. The van der Waals surface area contributed by atoms with Crippen molar-refractivity contribution in [3.8, 4) is 5.75 Å². The molecule has 1 heterocycles. The van der Waals surface area contributed by atoms with Crippen molar-refractivity contribution >= 4 is 17.7 Å². The number of likely N-dealkylation sites (tertiary alicyclic amines) is 1. The third kappa shape index (κ3) is 3.97. The number of halogens is 1. The molecule has 1 saturated heterocycles. The van der Waals surface area contributed by atoms with Gasteiger partial charge in [-0.3, -0.25) is 0 Å². The number of alkyl halides is 1. The molecule has 1 aromatic carbocycles. The number of rotatable bonds is 4. The second-order valence-electron chi connectivity index (χ2n) is 9.91. The van der Waals surface area contributed by atoms with Crippen LogP contribution in [-0.2, 0) is 16.6 Å². The van der Waals surface area contributed by atoms with Crippen molar-refractivity contribution in [3.63, 3.8) is 0 Å². The number of carbonyl (C=O) groups is 1.